The van der Waals surface area contributed by atoms with Crippen LogP contribution in [0.3, 0.4) is 0 Å². The van der Waals surface area contributed by atoms with Crippen molar-refractivity contribution in [2.24, 2.45) is 11.8 Å². The van der Waals surface area contributed by atoms with E-state index in [1.807, 2.05) is 11.1 Å². The van der Waals surface area contributed by atoms with Crippen LogP contribution >= 0.6 is 0 Å². The molecule has 3 fully saturated rings. The lowest BCUT2D eigenvalue weighted by Gasteiger charge is -2.37. The summed E-state index contributed by atoms with van der Waals surface area (Å²) in [4.78, 5) is 28.1. The molecule has 1 atom stereocenters. The maximum Gasteiger partial charge on any atom is 0.234 e. The molecule has 0 aromatic heterocycles. The molecule has 1 unspecified atom stereocenters. The Balaban J connectivity index is 1.28. The second-order valence-electron chi connectivity index (χ2n) is 8.81. The van der Waals surface area contributed by atoms with Gasteiger partial charge in [-0.1, -0.05) is 6.07 Å². The zero-order valence-corrected chi connectivity index (χ0v) is 17.5. The third-order valence-corrected chi connectivity index (χ3v) is 6.84. The summed E-state index contributed by atoms with van der Waals surface area (Å²) < 4.78 is 14.8. The van der Waals surface area contributed by atoms with Crippen molar-refractivity contribution in [3.05, 3.63) is 29.6 Å². The van der Waals surface area contributed by atoms with Crippen LogP contribution in [0.5, 0.6) is 0 Å². The Morgan fingerprint density at radius 1 is 1.03 bits per heavy atom. The fraction of sp³-hybridized carbons (Fsp3) is 0.636. The smallest absolute Gasteiger partial charge is 0.234 e. The highest BCUT2D eigenvalue weighted by Gasteiger charge is 2.30. The van der Waals surface area contributed by atoms with Gasteiger partial charge < -0.3 is 4.90 Å². The van der Waals surface area contributed by atoms with E-state index in [0.717, 1.165) is 57.4 Å². The summed E-state index contributed by atoms with van der Waals surface area (Å²) in [6.07, 6.45) is 4.22. The molecule has 2 amide bonds. The number of nitrogens with zero attached hydrogens (tertiary/aromatic N) is 3. The number of piperazine rings is 1. The number of anilines is 1. The number of piperidine rings is 2. The van der Waals surface area contributed by atoms with Crippen LogP contribution in [0.15, 0.2) is 18.2 Å². The third kappa shape index (κ3) is 4.99. The minimum Gasteiger partial charge on any atom is -0.369 e. The molecule has 4 rings (SSSR count). The zero-order chi connectivity index (χ0) is 21.1. The van der Waals surface area contributed by atoms with Gasteiger partial charge in [0.05, 0.1) is 5.92 Å². The van der Waals surface area contributed by atoms with Gasteiger partial charge in [0.25, 0.3) is 0 Å². The first-order valence-corrected chi connectivity index (χ1v) is 11.1. The molecular formula is C22H32FN5O2. The monoisotopic (exact) mass is 417 g/mol. The van der Waals surface area contributed by atoms with Gasteiger partial charge in [0.1, 0.15) is 5.82 Å². The minimum atomic E-state index is -0.584. The molecule has 30 heavy (non-hydrogen) atoms. The van der Waals surface area contributed by atoms with Gasteiger partial charge in [-0.05, 0) is 50.3 Å². The van der Waals surface area contributed by atoms with Crippen LogP contribution in [0.25, 0.3) is 0 Å². The molecule has 3 heterocycles. The average molecular weight is 418 g/mol. The van der Waals surface area contributed by atoms with E-state index in [-0.39, 0.29) is 18.1 Å². The number of hydrogen-bond acceptors (Lipinski definition) is 6. The molecule has 3 N–H and O–H groups in total. The zero-order valence-electron chi connectivity index (χ0n) is 17.5. The van der Waals surface area contributed by atoms with Gasteiger partial charge in [-0.2, -0.15) is 0 Å². The van der Waals surface area contributed by atoms with Gasteiger partial charge in [-0.3, -0.25) is 25.6 Å². The molecular weight excluding hydrogens is 385 g/mol. The highest BCUT2D eigenvalue weighted by Crippen LogP contribution is 2.30. The quantitative estimate of drug-likeness (QED) is 0.557. The summed E-state index contributed by atoms with van der Waals surface area (Å²) in [6, 6.07) is 5.15. The van der Waals surface area contributed by atoms with Crippen molar-refractivity contribution in [1.82, 2.24) is 15.2 Å². The van der Waals surface area contributed by atoms with Crippen LogP contribution in [0.2, 0.25) is 0 Å². The van der Waals surface area contributed by atoms with E-state index in [4.69, 9.17) is 5.84 Å². The molecule has 3 aliphatic heterocycles. The molecule has 0 radical (unpaired) electrons. The normalized spacial score (nSPS) is 24.9. The highest BCUT2D eigenvalue weighted by molar-refractivity contribution is 6.01. The Morgan fingerprint density at radius 2 is 1.77 bits per heavy atom. The van der Waals surface area contributed by atoms with Gasteiger partial charge in [-0.25, -0.2) is 9.40 Å². The van der Waals surface area contributed by atoms with Crippen molar-refractivity contribution in [3.63, 3.8) is 0 Å². The Kier molecular flexibility index (Phi) is 6.65. The number of benzene rings is 1. The van der Waals surface area contributed by atoms with Gasteiger partial charge in [0, 0.05) is 56.9 Å². The minimum absolute atomic E-state index is 0.255. The van der Waals surface area contributed by atoms with E-state index in [0.29, 0.717) is 12.0 Å². The number of carbonyl (C=O) groups is 2. The van der Waals surface area contributed by atoms with Crippen molar-refractivity contribution in [2.45, 2.75) is 38.0 Å². The molecule has 0 saturated carbocycles. The fourth-order valence-electron chi connectivity index (χ4n) is 4.82. The number of hydrazine groups is 1. The number of imide groups is 1. The highest BCUT2D eigenvalue weighted by atomic mass is 19.1. The van der Waals surface area contributed by atoms with E-state index >= 15 is 0 Å². The number of hydrogen-bond donors (Lipinski definition) is 2. The maximum atomic E-state index is 14.8. The summed E-state index contributed by atoms with van der Waals surface area (Å²) in [5.41, 5.74) is 1.24. The van der Waals surface area contributed by atoms with Gasteiger partial charge in [-0.15, -0.1) is 0 Å². The third-order valence-electron chi connectivity index (χ3n) is 6.84. The summed E-state index contributed by atoms with van der Waals surface area (Å²) in [5.74, 6) is 4.98. The van der Waals surface area contributed by atoms with E-state index in [2.05, 4.69) is 15.1 Å². The lowest BCUT2D eigenvalue weighted by Crippen LogP contribution is -2.47. The van der Waals surface area contributed by atoms with E-state index in [1.54, 1.807) is 6.07 Å². The van der Waals surface area contributed by atoms with Crippen LogP contribution in [0.4, 0.5) is 10.1 Å². The molecule has 0 spiro atoms. The predicted octanol–water partition coefficient (Wildman–Crippen LogP) is 1.44. The van der Waals surface area contributed by atoms with Gasteiger partial charge in [0.15, 0.2) is 0 Å². The van der Waals surface area contributed by atoms with E-state index < -0.39 is 11.8 Å². The van der Waals surface area contributed by atoms with Crippen LogP contribution in [0.1, 0.15) is 43.6 Å². The number of nitrogens with two attached hydrogens (primary N) is 1. The standard InChI is InChI=1S/C22H32FN5O2/c23-20-15-17(1-2-18(20)19-3-4-21(29)25-22(19)30)27-13-11-26(12-14-27)8-5-16-6-9-28(24)10-7-16/h1-2,15-16,19H,3-14,24H2,(H,25,29,30). The fourth-order valence-corrected chi connectivity index (χ4v) is 4.82. The molecule has 0 bridgehead atoms. The largest absolute Gasteiger partial charge is 0.369 e. The topological polar surface area (TPSA) is 81.9 Å². The lowest BCUT2D eigenvalue weighted by molar-refractivity contribution is -0.134. The SMILES string of the molecule is NN1CCC(CCN2CCN(c3ccc(C4CCC(=O)NC4=O)c(F)c3)CC2)CC1. The maximum absolute atomic E-state index is 14.8. The molecule has 3 saturated heterocycles. The molecule has 3 aliphatic rings. The van der Waals surface area contributed by atoms with Crippen molar-refractivity contribution in [3.8, 4) is 0 Å². The Bertz CT molecular complexity index is 773. The van der Waals surface area contributed by atoms with Crippen molar-refractivity contribution >= 4 is 17.5 Å². The number of nitrogens with one attached hydrogen (secondary N) is 1. The summed E-state index contributed by atoms with van der Waals surface area (Å²) >= 11 is 0. The van der Waals surface area contributed by atoms with Crippen molar-refractivity contribution < 1.29 is 14.0 Å². The molecule has 7 nitrogen and oxygen atoms in total. The summed E-state index contributed by atoms with van der Waals surface area (Å²) in [6.45, 7) is 6.82. The number of halogens is 1. The lowest BCUT2D eigenvalue weighted by atomic mass is 9.90. The molecule has 0 aliphatic carbocycles. The second kappa shape index (κ2) is 9.41. The van der Waals surface area contributed by atoms with E-state index in [1.165, 1.54) is 25.3 Å². The number of amides is 2. The van der Waals surface area contributed by atoms with Gasteiger partial charge in [0.2, 0.25) is 11.8 Å². The first-order valence-electron chi connectivity index (χ1n) is 11.1. The van der Waals surface area contributed by atoms with Crippen molar-refractivity contribution in [2.75, 3.05) is 50.7 Å². The van der Waals surface area contributed by atoms with Gasteiger partial charge >= 0.3 is 0 Å². The van der Waals surface area contributed by atoms with Crippen LogP contribution in [-0.4, -0.2) is 67.5 Å². The Morgan fingerprint density at radius 3 is 2.43 bits per heavy atom. The van der Waals surface area contributed by atoms with Crippen LogP contribution in [-0.2, 0) is 9.59 Å². The molecule has 1 aromatic rings. The second-order valence-corrected chi connectivity index (χ2v) is 8.81. The number of rotatable bonds is 5. The van der Waals surface area contributed by atoms with Crippen LogP contribution < -0.4 is 16.1 Å². The first-order chi connectivity index (χ1) is 14.5. The predicted molar refractivity (Wildman–Crippen MR) is 113 cm³/mol. The molecule has 164 valence electrons. The first kappa shape index (κ1) is 21.2. The summed E-state index contributed by atoms with van der Waals surface area (Å²) in [7, 11) is 0. The summed E-state index contributed by atoms with van der Waals surface area (Å²) in [5, 5.41) is 4.22. The molecule has 8 heteroatoms. The molecule has 1 aromatic carbocycles. The Hall–Kier alpha value is -2.03. The Labute approximate surface area is 177 Å². The van der Waals surface area contributed by atoms with Crippen LogP contribution in [0, 0.1) is 11.7 Å². The van der Waals surface area contributed by atoms with Crippen molar-refractivity contribution in [1.29, 1.82) is 0 Å². The van der Waals surface area contributed by atoms with E-state index in [9.17, 15) is 14.0 Å². The average Bonchev–Trinajstić information content (AvgIpc) is 2.74. The number of carbonyl (C=O) groups excluding carboxylic acids is 2.